The molecule has 36 heavy (non-hydrogen) atoms. The zero-order valence-corrected chi connectivity index (χ0v) is 19.2. The second-order valence-corrected chi connectivity index (χ2v) is 8.41. The largest absolute Gasteiger partial charge is 0.573 e. The van der Waals surface area contributed by atoms with E-state index in [1.165, 1.54) is 18.0 Å². The lowest BCUT2D eigenvalue weighted by atomic mass is 10.2. The number of ether oxygens (including phenoxy) is 2. The molecule has 1 aliphatic carbocycles. The van der Waals surface area contributed by atoms with Crippen molar-refractivity contribution >= 4 is 35.0 Å². The molecule has 1 fully saturated rings. The summed E-state index contributed by atoms with van der Waals surface area (Å²) in [5, 5.41) is 2.59. The minimum atomic E-state index is -5.08. The molecule has 4 rings (SSSR count). The van der Waals surface area contributed by atoms with Gasteiger partial charge in [-0.2, -0.15) is 13.8 Å². The van der Waals surface area contributed by atoms with Gasteiger partial charge in [0.05, 0.1) is 31.1 Å². The molecule has 1 aromatic heterocycles. The Morgan fingerprint density at radius 1 is 1.22 bits per heavy atom. The summed E-state index contributed by atoms with van der Waals surface area (Å²) in [6.45, 7) is -0.888. The van der Waals surface area contributed by atoms with Gasteiger partial charge < -0.3 is 24.6 Å². The molecule has 0 bridgehead atoms. The minimum absolute atomic E-state index is 0.0439. The van der Waals surface area contributed by atoms with E-state index >= 15 is 0 Å². The number of anilines is 4. The number of amides is 1. The standard InChI is InChI=1S/C22H22F5N5O4/c1-31-15-10-28-20(29-14-8-7-12(18(33)35-2)9-16(14)36-22(25,26)27)30-17(15)32(13-5-3-4-6-13)11-21(23,24)19(31)34/h7-10,13H,3-6,11H2,1-2H3,(H,28,29,30). The number of methoxy groups -OCH3 is 1. The molecule has 0 radical (unpaired) electrons. The predicted molar refractivity (Wildman–Crippen MR) is 118 cm³/mol. The van der Waals surface area contributed by atoms with Crippen molar-refractivity contribution in [1.29, 1.82) is 0 Å². The number of benzene rings is 1. The van der Waals surface area contributed by atoms with Crippen molar-refractivity contribution in [3.63, 3.8) is 0 Å². The molecule has 0 atom stereocenters. The summed E-state index contributed by atoms with van der Waals surface area (Å²) in [5.41, 5.74) is -0.391. The van der Waals surface area contributed by atoms with Crippen LogP contribution < -0.4 is 19.9 Å². The molecule has 1 saturated carbocycles. The van der Waals surface area contributed by atoms with Crippen LogP contribution in [0.1, 0.15) is 36.0 Å². The monoisotopic (exact) mass is 515 g/mol. The molecule has 0 saturated heterocycles. The van der Waals surface area contributed by atoms with Crippen LogP contribution >= 0.6 is 0 Å². The van der Waals surface area contributed by atoms with Crippen molar-refractivity contribution in [2.24, 2.45) is 0 Å². The minimum Gasteiger partial charge on any atom is -0.465 e. The van der Waals surface area contributed by atoms with Crippen LogP contribution in [0.2, 0.25) is 0 Å². The van der Waals surface area contributed by atoms with Gasteiger partial charge in [0.15, 0.2) is 11.6 Å². The normalized spacial score (nSPS) is 18.0. The molecular weight excluding hydrogens is 493 g/mol. The summed E-state index contributed by atoms with van der Waals surface area (Å²) in [4.78, 5) is 34.6. The summed E-state index contributed by atoms with van der Waals surface area (Å²) < 4.78 is 77.0. The molecular formula is C22H22F5N5O4. The van der Waals surface area contributed by atoms with Gasteiger partial charge in [-0.05, 0) is 31.0 Å². The molecule has 0 unspecified atom stereocenters. The number of carbonyl (C=O) groups is 2. The molecule has 1 N–H and O–H groups in total. The summed E-state index contributed by atoms with van der Waals surface area (Å²) >= 11 is 0. The van der Waals surface area contributed by atoms with Crippen LogP contribution in [0, 0.1) is 0 Å². The van der Waals surface area contributed by atoms with Crippen molar-refractivity contribution in [2.45, 2.75) is 44.0 Å². The SMILES string of the molecule is COC(=O)c1ccc(Nc2ncc3c(n2)N(C2CCCC2)CC(F)(F)C(=O)N3C)c(OC(F)(F)F)c1. The Morgan fingerprint density at radius 3 is 2.56 bits per heavy atom. The first kappa shape index (κ1) is 25.4. The number of carbonyl (C=O) groups excluding carboxylic acids is 2. The van der Waals surface area contributed by atoms with Gasteiger partial charge in [0.25, 0.3) is 5.91 Å². The fourth-order valence-electron chi connectivity index (χ4n) is 4.30. The van der Waals surface area contributed by atoms with Crippen molar-refractivity contribution < 1.29 is 41.0 Å². The zero-order valence-electron chi connectivity index (χ0n) is 19.2. The number of nitrogens with one attached hydrogen (secondary N) is 1. The summed E-state index contributed by atoms with van der Waals surface area (Å²) in [5.74, 6) is -6.89. The highest BCUT2D eigenvalue weighted by Gasteiger charge is 2.48. The number of rotatable bonds is 5. The fraction of sp³-hybridized carbons (Fsp3) is 0.455. The number of halogens is 5. The maximum absolute atomic E-state index is 14.7. The predicted octanol–water partition coefficient (Wildman–Crippen LogP) is 4.27. The molecule has 1 aliphatic heterocycles. The first-order valence-electron chi connectivity index (χ1n) is 10.9. The van der Waals surface area contributed by atoms with Crippen molar-refractivity contribution in [1.82, 2.24) is 9.97 Å². The lowest BCUT2D eigenvalue weighted by molar-refractivity contribution is -0.274. The van der Waals surface area contributed by atoms with Crippen LogP contribution in [0.25, 0.3) is 0 Å². The number of nitrogens with zero attached hydrogens (tertiary/aromatic N) is 4. The van der Waals surface area contributed by atoms with Crippen LogP contribution in [-0.2, 0) is 9.53 Å². The average molecular weight is 515 g/mol. The maximum Gasteiger partial charge on any atom is 0.573 e. The first-order chi connectivity index (χ1) is 16.9. The lowest BCUT2D eigenvalue weighted by Crippen LogP contribution is -2.48. The van der Waals surface area contributed by atoms with E-state index < -0.39 is 36.5 Å². The molecule has 2 heterocycles. The highest BCUT2D eigenvalue weighted by molar-refractivity contribution is 6.02. The number of esters is 1. The van der Waals surface area contributed by atoms with E-state index in [1.807, 2.05) is 0 Å². The van der Waals surface area contributed by atoms with E-state index in [-0.39, 0.29) is 34.7 Å². The summed E-state index contributed by atoms with van der Waals surface area (Å²) in [6, 6.07) is 2.89. The Labute approximate surface area is 202 Å². The molecule has 194 valence electrons. The Balaban J connectivity index is 1.74. The van der Waals surface area contributed by atoms with Gasteiger partial charge in [-0.1, -0.05) is 12.8 Å². The van der Waals surface area contributed by atoms with Crippen molar-refractivity contribution in [3.05, 3.63) is 30.0 Å². The van der Waals surface area contributed by atoms with Gasteiger partial charge in [-0.15, -0.1) is 13.2 Å². The average Bonchev–Trinajstić information content (AvgIpc) is 3.34. The first-order valence-corrected chi connectivity index (χ1v) is 10.9. The highest BCUT2D eigenvalue weighted by atomic mass is 19.4. The fourth-order valence-corrected chi connectivity index (χ4v) is 4.30. The quantitative estimate of drug-likeness (QED) is 0.466. The number of hydrogen-bond acceptors (Lipinski definition) is 8. The topological polar surface area (TPSA) is 96.9 Å². The lowest BCUT2D eigenvalue weighted by Gasteiger charge is -2.31. The molecule has 0 spiro atoms. The number of aromatic nitrogens is 2. The van der Waals surface area contributed by atoms with Gasteiger partial charge in [-0.25, -0.2) is 9.78 Å². The van der Waals surface area contributed by atoms with E-state index in [9.17, 15) is 31.5 Å². The Kier molecular flexibility index (Phi) is 6.62. The van der Waals surface area contributed by atoms with Crippen LogP contribution in [0.15, 0.2) is 24.4 Å². The Morgan fingerprint density at radius 2 is 1.92 bits per heavy atom. The van der Waals surface area contributed by atoms with Crippen molar-refractivity contribution in [3.8, 4) is 5.75 Å². The molecule has 1 amide bonds. The maximum atomic E-state index is 14.7. The van der Waals surface area contributed by atoms with Crippen LogP contribution in [0.3, 0.4) is 0 Å². The third-order valence-corrected chi connectivity index (χ3v) is 6.01. The van der Waals surface area contributed by atoms with Crippen molar-refractivity contribution in [2.75, 3.05) is 35.8 Å². The number of alkyl halides is 5. The number of hydrogen-bond donors (Lipinski definition) is 1. The van der Waals surface area contributed by atoms with E-state index in [4.69, 9.17) is 0 Å². The third-order valence-electron chi connectivity index (χ3n) is 6.01. The van der Waals surface area contributed by atoms with E-state index in [0.717, 1.165) is 43.2 Å². The molecule has 14 heteroatoms. The molecule has 1 aromatic carbocycles. The zero-order chi connectivity index (χ0) is 26.3. The second-order valence-electron chi connectivity index (χ2n) is 8.41. The second kappa shape index (κ2) is 9.39. The van der Waals surface area contributed by atoms with Crippen LogP contribution in [0.5, 0.6) is 5.75 Å². The third kappa shape index (κ3) is 5.11. The summed E-state index contributed by atoms with van der Waals surface area (Å²) in [6.07, 6.45) is -1.02. The molecule has 9 nitrogen and oxygen atoms in total. The Hall–Kier alpha value is -3.71. The van der Waals surface area contributed by atoms with Crippen LogP contribution in [0.4, 0.5) is 45.1 Å². The van der Waals surface area contributed by atoms with E-state index in [2.05, 4.69) is 24.8 Å². The van der Waals surface area contributed by atoms with Gasteiger partial charge in [0.1, 0.15) is 5.69 Å². The molecule has 2 aromatic rings. The smallest absolute Gasteiger partial charge is 0.465 e. The Bertz CT molecular complexity index is 1170. The number of fused-ring (bicyclic) bond motifs is 1. The van der Waals surface area contributed by atoms with Crippen LogP contribution in [-0.4, -0.2) is 60.9 Å². The van der Waals surface area contributed by atoms with Gasteiger partial charge in [0, 0.05) is 13.1 Å². The van der Waals surface area contributed by atoms with Gasteiger partial charge >= 0.3 is 18.3 Å². The van der Waals surface area contributed by atoms with Gasteiger partial charge in [-0.3, -0.25) is 4.79 Å². The van der Waals surface area contributed by atoms with E-state index in [0.29, 0.717) is 12.8 Å². The highest BCUT2D eigenvalue weighted by Crippen LogP contribution is 2.40. The van der Waals surface area contributed by atoms with E-state index in [1.54, 1.807) is 0 Å². The van der Waals surface area contributed by atoms with Gasteiger partial charge in [0.2, 0.25) is 5.95 Å². The molecule has 2 aliphatic rings. The summed E-state index contributed by atoms with van der Waals surface area (Å²) in [7, 11) is 2.26.